The first-order valence-corrected chi connectivity index (χ1v) is 7.84. The molecule has 0 bridgehead atoms. The summed E-state index contributed by atoms with van der Waals surface area (Å²) in [6.07, 6.45) is 3.15. The molecule has 2 aromatic heterocycles. The summed E-state index contributed by atoms with van der Waals surface area (Å²) in [5, 5.41) is 3.34. The van der Waals surface area contributed by atoms with E-state index >= 15 is 0 Å². The molecule has 122 valence electrons. The second-order valence-electron chi connectivity index (χ2n) is 4.65. The van der Waals surface area contributed by atoms with Crippen molar-refractivity contribution in [3.05, 3.63) is 77.3 Å². The van der Waals surface area contributed by atoms with Crippen molar-refractivity contribution >= 4 is 21.9 Å². The van der Waals surface area contributed by atoms with Crippen molar-refractivity contribution in [3.8, 4) is 11.3 Å². The molecule has 0 fully saturated rings. The molecule has 2 heterocycles. The van der Waals surface area contributed by atoms with E-state index in [4.69, 9.17) is 13.6 Å². The van der Waals surface area contributed by atoms with Crippen LogP contribution in [0.3, 0.4) is 0 Å². The highest BCUT2D eigenvalue weighted by atomic mass is 79.9. The first kappa shape index (κ1) is 17.7. The lowest BCUT2D eigenvalue weighted by Crippen LogP contribution is -2.11. The van der Waals surface area contributed by atoms with Crippen LogP contribution in [0.4, 0.5) is 0 Å². The number of rotatable bonds is 5. The van der Waals surface area contributed by atoms with Crippen LogP contribution < -0.4 is 5.32 Å². The van der Waals surface area contributed by atoms with E-state index in [9.17, 15) is 0 Å². The van der Waals surface area contributed by atoms with Crippen LogP contribution in [0.1, 0.15) is 11.3 Å². The van der Waals surface area contributed by atoms with Gasteiger partial charge in [-0.2, -0.15) is 0 Å². The van der Waals surface area contributed by atoms with Crippen LogP contribution in [0, 0.1) is 0 Å². The van der Waals surface area contributed by atoms with Gasteiger partial charge in [-0.15, -0.1) is 0 Å². The summed E-state index contributed by atoms with van der Waals surface area (Å²) in [5.74, 6) is 3.01. The van der Waals surface area contributed by atoms with Gasteiger partial charge in [0.1, 0.15) is 5.76 Å². The number of hydrogen-bond acceptors (Lipinski definition) is 5. The molecule has 0 radical (unpaired) electrons. The van der Waals surface area contributed by atoms with Crippen LogP contribution >= 0.6 is 15.9 Å². The van der Waals surface area contributed by atoms with Crippen molar-refractivity contribution in [3.63, 3.8) is 0 Å². The summed E-state index contributed by atoms with van der Waals surface area (Å²) < 4.78 is 11.4. The Morgan fingerprint density at radius 3 is 2.46 bits per heavy atom. The number of oxazole rings is 1. The zero-order valence-corrected chi connectivity index (χ0v) is 14.4. The number of hydrogen-bond donors (Lipinski definition) is 1. The van der Waals surface area contributed by atoms with E-state index in [0.717, 1.165) is 28.3 Å². The second kappa shape index (κ2) is 9.50. The number of nitrogens with zero attached hydrogens (tertiary/aromatic N) is 1. The fourth-order valence-electron chi connectivity index (χ4n) is 1.92. The number of nitrogens with one attached hydrogen (secondary N) is 1. The van der Waals surface area contributed by atoms with Crippen LogP contribution in [-0.4, -0.2) is 10.9 Å². The number of carbonyl (C=O) groups excluding carboxylic acids is 1. The Labute approximate surface area is 147 Å². The third kappa shape index (κ3) is 5.54. The van der Waals surface area contributed by atoms with Gasteiger partial charge in [0, 0.05) is 12.1 Å². The maximum atomic E-state index is 8.88. The lowest BCUT2D eigenvalue weighted by atomic mass is 10.1. The summed E-state index contributed by atoms with van der Waals surface area (Å²) >= 11 is 3.29. The van der Waals surface area contributed by atoms with Crippen LogP contribution in [0.15, 0.2) is 74.8 Å². The minimum atomic E-state index is 0.704. The highest BCUT2D eigenvalue weighted by molar-refractivity contribution is 9.10. The summed E-state index contributed by atoms with van der Waals surface area (Å²) in [7, 11) is 0. The standard InChI is InChI=1S/C15H13BrN2O2.C3H2O/c16-15-6-5-13(20-15)8-17-7-11-1-3-12(4-2-11)14-9-18-10-19-14;1-2-3-4/h1-6,9-10,17H,7-8H2;1H2. The molecule has 0 saturated heterocycles. The molecule has 3 rings (SSSR count). The van der Waals surface area contributed by atoms with Gasteiger partial charge in [0.2, 0.25) is 0 Å². The van der Waals surface area contributed by atoms with E-state index in [-0.39, 0.29) is 0 Å². The highest BCUT2D eigenvalue weighted by Gasteiger charge is 2.02. The molecule has 1 aromatic carbocycles. The smallest absolute Gasteiger partial charge is 0.181 e. The first-order valence-electron chi connectivity index (χ1n) is 7.05. The average Bonchev–Trinajstić information content (AvgIpc) is 3.28. The van der Waals surface area contributed by atoms with Crippen molar-refractivity contribution in [2.75, 3.05) is 0 Å². The van der Waals surface area contributed by atoms with Crippen molar-refractivity contribution in [2.45, 2.75) is 13.1 Å². The average molecular weight is 387 g/mol. The summed E-state index contributed by atoms with van der Waals surface area (Å²) in [5.41, 5.74) is 4.11. The number of halogens is 1. The van der Waals surface area contributed by atoms with E-state index in [0.29, 0.717) is 6.54 Å². The van der Waals surface area contributed by atoms with Crippen molar-refractivity contribution in [1.82, 2.24) is 10.3 Å². The third-order valence-corrected chi connectivity index (χ3v) is 3.43. The van der Waals surface area contributed by atoms with Gasteiger partial charge in [0.15, 0.2) is 22.8 Å². The monoisotopic (exact) mass is 386 g/mol. The van der Waals surface area contributed by atoms with E-state index in [1.54, 1.807) is 6.20 Å². The molecule has 0 unspecified atom stereocenters. The van der Waals surface area contributed by atoms with Gasteiger partial charge in [-0.1, -0.05) is 24.3 Å². The minimum Gasteiger partial charge on any atom is -0.453 e. The van der Waals surface area contributed by atoms with E-state index in [2.05, 4.69) is 44.9 Å². The zero-order valence-electron chi connectivity index (χ0n) is 12.8. The predicted octanol–water partition coefficient (Wildman–Crippen LogP) is 4.15. The third-order valence-electron chi connectivity index (χ3n) is 3.00. The molecular weight excluding hydrogens is 372 g/mol. The Kier molecular flexibility index (Phi) is 7.02. The van der Waals surface area contributed by atoms with Gasteiger partial charge in [-0.05, 0) is 45.9 Å². The van der Waals surface area contributed by atoms with Gasteiger partial charge in [-0.3, -0.25) is 0 Å². The molecule has 0 aliphatic heterocycles. The lowest BCUT2D eigenvalue weighted by molar-refractivity contribution is 0.465. The number of aromatic nitrogens is 1. The molecule has 1 N–H and O–H groups in total. The van der Waals surface area contributed by atoms with E-state index in [1.165, 1.54) is 17.9 Å². The number of benzene rings is 1. The zero-order chi connectivity index (χ0) is 17.2. The van der Waals surface area contributed by atoms with Gasteiger partial charge in [0.25, 0.3) is 0 Å². The normalized spacial score (nSPS) is 9.54. The predicted molar refractivity (Wildman–Crippen MR) is 93.7 cm³/mol. The molecule has 0 aliphatic carbocycles. The Balaban J connectivity index is 0.000000471. The van der Waals surface area contributed by atoms with Gasteiger partial charge in [-0.25, -0.2) is 9.78 Å². The Hall–Kier alpha value is -2.62. The van der Waals surface area contributed by atoms with Gasteiger partial charge in [0.05, 0.1) is 12.7 Å². The highest BCUT2D eigenvalue weighted by Crippen LogP contribution is 2.19. The molecule has 0 aliphatic rings. The topological polar surface area (TPSA) is 68.3 Å². The van der Waals surface area contributed by atoms with E-state index < -0.39 is 0 Å². The van der Waals surface area contributed by atoms with Gasteiger partial charge >= 0.3 is 0 Å². The molecule has 6 heteroatoms. The SMILES string of the molecule is Brc1ccc(CNCc2ccc(-c3cnco3)cc2)o1.C=C=C=O. The summed E-state index contributed by atoms with van der Waals surface area (Å²) in [4.78, 5) is 12.8. The molecule has 5 nitrogen and oxygen atoms in total. The minimum absolute atomic E-state index is 0.704. The summed E-state index contributed by atoms with van der Waals surface area (Å²) in [6.45, 7) is 4.42. The Bertz CT molecular complexity index is 802. The first-order chi connectivity index (χ1) is 11.7. The fourth-order valence-corrected chi connectivity index (χ4v) is 2.26. The number of furan rings is 1. The lowest BCUT2D eigenvalue weighted by Gasteiger charge is -2.04. The largest absolute Gasteiger partial charge is 0.453 e. The Morgan fingerprint density at radius 1 is 1.17 bits per heavy atom. The van der Waals surface area contributed by atoms with Crippen molar-refractivity contribution in [2.24, 2.45) is 0 Å². The molecule has 0 amide bonds. The van der Waals surface area contributed by atoms with Crippen molar-refractivity contribution in [1.29, 1.82) is 0 Å². The molecule has 24 heavy (non-hydrogen) atoms. The molecule has 0 saturated carbocycles. The molecule has 0 spiro atoms. The molecular formula is C18H15BrN2O3. The van der Waals surface area contributed by atoms with E-state index in [1.807, 2.05) is 30.0 Å². The summed E-state index contributed by atoms with van der Waals surface area (Å²) in [6, 6.07) is 12.0. The van der Waals surface area contributed by atoms with Crippen LogP contribution in [-0.2, 0) is 17.9 Å². The maximum absolute atomic E-state index is 8.88. The van der Waals surface area contributed by atoms with Crippen molar-refractivity contribution < 1.29 is 13.6 Å². The van der Waals surface area contributed by atoms with Crippen LogP contribution in [0.5, 0.6) is 0 Å². The maximum Gasteiger partial charge on any atom is 0.181 e. The van der Waals surface area contributed by atoms with Crippen LogP contribution in [0.2, 0.25) is 0 Å². The molecule has 3 aromatic rings. The fraction of sp³-hybridized carbons (Fsp3) is 0.111. The Morgan fingerprint density at radius 2 is 1.92 bits per heavy atom. The quantitative estimate of drug-likeness (QED) is 0.526. The molecule has 0 atom stereocenters. The van der Waals surface area contributed by atoms with Gasteiger partial charge < -0.3 is 14.2 Å². The van der Waals surface area contributed by atoms with Crippen LogP contribution in [0.25, 0.3) is 11.3 Å². The second-order valence-corrected chi connectivity index (χ2v) is 5.43.